The van der Waals surface area contributed by atoms with Crippen LogP contribution in [-0.4, -0.2) is 28.3 Å². The molecule has 1 aliphatic carbocycles. The van der Waals surface area contributed by atoms with E-state index in [1.165, 1.54) is 0 Å². The van der Waals surface area contributed by atoms with E-state index in [9.17, 15) is 14.7 Å². The van der Waals surface area contributed by atoms with Crippen molar-refractivity contribution in [3.8, 4) is 0 Å². The van der Waals surface area contributed by atoms with Crippen LogP contribution in [0.25, 0.3) is 0 Å². The number of nitrogens with one attached hydrogen (secondary N) is 1. The monoisotopic (exact) mass is 285 g/mol. The molecule has 1 fully saturated rings. The lowest BCUT2D eigenvalue weighted by molar-refractivity contribution is -0.147. The van der Waals surface area contributed by atoms with Gasteiger partial charge in [0.05, 0.1) is 0 Å². The topological polar surface area (TPSA) is 75.6 Å². The smallest absolute Gasteiger partial charge is 0.408 e. The minimum Gasteiger partial charge on any atom is -0.480 e. The minimum absolute atomic E-state index is 0.315. The maximum absolute atomic E-state index is 11.9. The van der Waals surface area contributed by atoms with Gasteiger partial charge < -0.3 is 15.2 Å². The average molecular weight is 285 g/mol. The third-order valence-electron chi connectivity index (χ3n) is 3.88. The summed E-state index contributed by atoms with van der Waals surface area (Å²) in [6.45, 7) is 9.47. The van der Waals surface area contributed by atoms with Gasteiger partial charge in [0.2, 0.25) is 0 Å². The summed E-state index contributed by atoms with van der Waals surface area (Å²) in [5.74, 6) is -0.238. The van der Waals surface area contributed by atoms with Crippen LogP contribution in [0.4, 0.5) is 4.79 Å². The molecule has 0 aromatic carbocycles. The lowest BCUT2D eigenvalue weighted by Crippen LogP contribution is -2.58. The predicted molar refractivity (Wildman–Crippen MR) is 76.5 cm³/mol. The first-order valence-corrected chi connectivity index (χ1v) is 7.30. The van der Waals surface area contributed by atoms with Crippen molar-refractivity contribution >= 4 is 12.1 Å². The Hall–Kier alpha value is -1.26. The van der Waals surface area contributed by atoms with Crippen molar-refractivity contribution in [3.05, 3.63) is 0 Å². The molecule has 116 valence electrons. The number of ether oxygens (including phenoxy) is 1. The van der Waals surface area contributed by atoms with Crippen molar-refractivity contribution in [1.82, 2.24) is 5.32 Å². The lowest BCUT2D eigenvalue weighted by Gasteiger charge is -2.39. The molecular weight excluding hydrogens is 258 g/mol. The van der Waals surface area contributed by atoms with E-state index in [0.29, 0.717) is 24.7 Å². The molecule has 0 bridgehead atoms. The number of carboxylic acid groups (broad SMARTS) is 1. The molecule has 0 saturated heterocycles. The molecule has 1 amide bonds. The fourth-order valence-electron chi connectivity index (χ4n) is 2.75. The molecule has 0 aromatic rings. The Morgan fingerprint density at radius 3 is 2.40 bits per heavy atom. The van der Waals surface area contributed by atoms with Crippen molar-refractivity contribution in [2.24, 2.45) is 11.8 Å². The van der Waals surface area contributed by atoms with Gasteiger partial charge in [-0.2, -0.15) is 0 Å². The van der Waals surface area contributed by atoms with Gasteiger partial charge in [-0.1, -0.05) is 20.3 Å². The number of carbonyl (C=O) groups excluding carboxylic acids is 1. The number of hydrogen-bond donors (Lipinski definition) is 2. The second-order valence-electron chi connectivity index (χ2n) is 7.11. The first-order valence-electron chi connectivity index (χ1n) is 7.30. The van der Waals surface area contributed by atoms with E-state index in [1.54, 1.807) is 20.8 Å². The highest BCUT2D eigenvalue weighted by Crippen LogP contribution is 2.36. The summed E-state index contributed by atoms with van der Waals surface area (Å²) in [6.07, 6.45) is 2.11. The van der Waals surface area contributed by atoms with Crippen molar-refractivity contribution < 1.29 is 19.4 Å². The molecule has 20 heavy (non-hydrogen) atoms. The fraction of sp³-hybridized carbons (Fsp3) is 0.867. The van der Waals surface area contributed by atoms with Gasteiger partial charge >= 0.3 is 12.1 Å². The van der Waals surface area contributed by atoms with Crippen LogP contribution in [0.3, 0.4) is 0 Å². The fourth-order valence-corrected chi connectivity index (χ4v) is 2.75. The Kier molecular flexibility index (Phi) is 5.05. The van der Waals surface area contributed by atoms with Crippen LogP contribution in [0.5, 0.6) is 0 Å². The van der Waals surface area contributed by atoms with Crippen LogP contribution in [0, 0.1) is 11.8 Å². The number of alkyl carbamates (subject to hydrolysis) is 1. The summed E-state index contributed by atoms with van der Waals surface area (Å²) in [4.78, 5) is 23.6. The summed E-state index contributed by atoms with van der Waals surface area (Å²) in [5, 5.41) is 12.2. The van der Waals surface area contributed by atoms with E-state index in [2.05, 4.69) is 19.2 Å². The van der Waals surface area contributed by atoms with Gasteiger partial charge in [-0.15, -0.1) is 0 Å². The second-order valence-corrected chi connectivity index (χ2v) is 7.11. The molecule has 1 rings (SSSR count). The van der Waals surface area contributed by atoms with Gasteiger partial charge in [0.1, 0.15) is 11.1 Å². The van der Waals surface area contributed by atoms with Crippen LogP contribution in [0.1, 0.15) is 60.3 Å². The van der Waals surface area contributed by atoms with E-state index < -0.39 is 23.2 Å². The molecule has 1 saturated carbocycles. The molecule has 0 aliphatic heterocycles. The van der Waals surface area contributed by atoms with Gasteiger partial charge in [0.15, 0.2) is 0 Å². The molecule has 5 nitrogen and oxygen atoms in total. The van der Waals surface area contributed by atoms with Crippen molar-refractivity contribution in [1.29, 1.82) is 0 Å². The molecule has 5 heteroatoms. The maximum Gasteiger partial charge on any atom is 0.408 e. The van der Waals surface area contributed by atoms with Gasteiger partial charge in [0, 0.05) is 0 Å². The zero-order valence-corrected chi connectivity index (χ0v) is 13.2. The Balaban J connectivity index is 2.82. The van der Waals surface area contributed by atoms with E-state index in [-0.39, 0.29) is 0 Å². The standard InChI is InChI=1S/C15H27NO4/c1-10(2)11-7-6-8-15(9-11,12(17)18)16-13(19)20-14(3,4)5/h10-11H,6-9H2,1-5H3,(H,16,19)(H,17,18). The molecule has 0 aromatic heterocycles. The van der Waals surface area contributed by atoms with E-state index in [1.807, 2.05) is 0 Å². The van der Waals surface area contributed by atoms with Gasteiger partial charge in [0.25, 0.3) is 0 Å². The number of carbonyl (C=O) groups is 2. The first kappa shape index (κ1) is 16.8. The summed E-state index contributed by atoms with van der Waals surface area (Å²) in [5.41, 5.74) is -1.81. The largest absolute Gasteiger partial charge is 0.480 e. The van der Waals surface area contributed by atoms with Crippen LogP contribution < -0.4 is 5.32 Å². The first-order chi connectivity index (χ1) is 9.06. The van der Waals surface area contributed by atoms with Crippen LogP contribution in [0.15, 0.2) is 0 Å². The molecule has 0 heterocycles. The quantitative estimate of drug-likeness (QED) is 0.835. The summed E-state index contributed by atoms with van der Waals surface area (Å²) in [6, 6.07) is 0. The lowest BCUT2D eigenvalue weighted by atomic mass is 9.72. The molecule has 1 aliphatic rings. The third kappa shape index (κ3) is 4.39. The van der Waals surface area contributed by atoms with Gasteiger partial charge in [-0.25, -0.2) is 9.59 Å². The molecule has 0 radical (unpaired) electrons. The summed E-state index contributed by atoms with van der Waals surface area (Å²) < 4.78 is 5.20. The van der Waals surface area contributed by atoms with E-state index in [4.69, 9.17) is 4.74 Å². The molecule has 2 unspecified atom stereocenters. The highest BCUT2D eigenvalue weighted by atomic mass is 16.6. The zero-order valence-electron chi connectivity index (χ0n) is 13.2. The van der Waals surface area contributed by atoms with Crippen LogP contribution >= 0.6 is 0 Å². The van der Waals surface area contributed by atoms with Gasteiger partial charge in [-0.3, -0.25) is 0 Å². The maximum atomic E-state index is 11.9. The van der Waals surface area contributed by atoms with Gasteiger partial charge in [-0.05, 0) is 51.9 Å². The highest BCUT2D eigenvalue weighted by molar-refractivity contribution is 5.84. The number of amides is 1. The number of aliphatic carboxylic acids is 1. The molecular formula is C15H27NO4. The number of carboxylic acids is 1. The Morgan fingerprint density at radius 2 is 1.95 bits per heavy atom. The number of rotatable bonds is 3. The van der Waals surface area contributed by atoms with Crippen molar-refractivity contribution in [2.75, 3.05) is 0 Å². The number of hydrogen-bond acceptors (Lipinski definition) is 3. The van der Waals surface area contributed by atoms with Crippen molar-refractivity contribution in [3.63, 3.8) is 0 Å². The Morgan fingerprint density at radius 1 is 1.35 bits per heavy atom. The van der Waals surface area contributed by atoms with E-state index in [0.717, 1.165) is 12.8 Å². The highest BCUT2D eigenvalue weighted by Gasteiger charge is 2.45. The van der Waals surface area contributed by atoms with Crippen LogP contribution in [0.2, 0.25) is 0 Å². The zero-order chi connectivity index (χ0) is 15.6. The Bertz CT molecular complexity index is 373. The minimum atomic E-state index is -1.18. The molecule has 0 spiro atoms. The van der Waals surface area contributed by atoms with Crippen LogP contribution in [-0.2, 0) is 9.53 Å². The summed E-state index contributed by atoms with van der Waals surface area (Å²) >= 11 is 0. The second kappa shape index (κ2) is 6.02. The third-order valence-corrected chi connectivity index (χ3v) is 3.88. The van der Waals surface area contributed by atoms with Crippen molar-refractivity contribution in [2.45, 2.75) is 71.4 Å². The average Bonchev–Trinajstić information content (AvgIpc) is 2.26. The normalized spacial score (nSPS) is 27.2. The summed E-state index contributed by atoms with van der Waals surface area (Å²) in [7, 11) is 0. The molecule has 2 atom stereocenters. The molecule has 2 N–H and O–H groups in total. The SMILES string of the molecule is CC(C)C1CCCC(NC(=O)OC(C)(C)C)(C(=O)O)C1. The Labute approximate surface area is 121 Å². The van der Waals surface area contributed by atoms with E-state index >= 15 is 0 Å². The predicted octanol–water partition coefficient (Wildman–Crippen LogP) is 3.18.